The highest BCUT2D eigenvalue weighted by Crippen LogP contribution is 2.32. The highest BCUT2D eigenvalue weighted by molar-refractivity contribution is 5.69. The SMILES string of the molecule is COc1cccc(COC2CCC(Oc3ccc(CCN)c(-c4cccc(F)c4)c3)CC2)c1. The first kappa shape index (κ1) is 23.3. The molecule has 0 atom stereocenters. The monoisotopic (exact) mass is 449 g/mol. The van der Waals surface area contributed by atoms with Crippen LogP contribution in [0.1, 0.15) is 36.8 Å². The van der Waals surface area contributed by atoms with Crippen molar-refractivity contribution in [2.75, 3.05) is 13.7 Å². The van der Waals surface area contributed by atoms with Gasteiger partial charge in [-0.1, -0.05) is 30.3 Å². The molecule has 0 bridgehead atoms. The minimum absolute atomic E-state index is 0.155. The number of halogens is 1. The average molecular weight is 450 g/mol. The first-order valence-corrected chi connectivity index (χ1v) is 11.6. The fourth-order valence-electron chi connectivity index (χ4n) is 4.41. The maximum absolute atomic E-state index is 13.8. The van der Waals surface area contributed by atoms with Gasteiger partial charge in [0, 0.05) is 0 Å². The molecule has 4 rings (SSSR count). The number of hydrogen-bond acceptors (Lipinski definition) is 4. The quantitative estimate of drug-likeness (QED) is 0.441. The summed E-state index contributed by atoms with van der Waals surface area (Å²) in [6.45, 7) is 1.13. The van der Waals surface area contributed by atoms with Crippen molar-refractivity contribution < 1.29 is 18.6 Å². The maximum Gasteiger partial charge on any atom is 0.123 e. The van der Waals surface area contributed by atoms with Crippen LogP contribution < -0.4 is 15.2 Å². The Kier molecular flexibility index (Phi) is 7.97. The van der Waals surface area contributed by atoms with Crippen LogP contribution in [0, 0.1) is 5.82 Å². The van der Waals surface area contributed by atoms with E-state index in [-0.39, 0.29) is 18.0 Å². The van der Waals surface area contributed by atoms with Gasteiger partial charge in [-0.25, -0.2) is 4.39 Å². The van der Waals surface area contributed by atoms with Gasteiger partial charge in [-0.05, 0) is 97.3 Å². The number of methoxy groups -OCH3 is 1. The molecule has 0 spiro atoms. The van der Waals surface area contributed by atoms with Crippen molar-refractivity contribution in [3.05, 3.63) is 83.7 Å². The van der Waals surface area contributed by atoms with Crippen LogP contribution in [0.3, 0.4) is 0 Å². The van der Waals surface area contributed by atoms with Gasteiger partial charge in [0.1, 0.15) is 17.3 Å². The smallest absolute Gasteiger partial charge is 0.123 e. The van der Waals surface area contributed by atoms with E-state index in [1.54, 1.807) is 19.2 Å². The lowest BCUT2D eigenvalue weighted by Gasteiger charge is -2.29. The van der Waals surface area contributed by atoms with Crippen molar-refractivity contribution in [2.45, 2.75) is 50.9 Å². The molecule has 1 aliphatic rings. The Morgan fingerprint density at radius 3 is 2.42 bits per heavy atom. The third-order valence-corrected chi connectivity index (χ3v) is 6.17. The Bertz CT molecular complexity index is 1050. The zero-order valence-electron chi connectivity index (χ0n) is 19.1. The molecular formula is C28H32FNO3. The molecule has 3 aromatic rings. The van der Waals surface area contributed by atoms with E-state index >= 15 is 0 Å². The average Bonchev–Trinajstić information content (AvgIpc) is 2.85. The first-order chi connectivity index (χ1) is 16.1. The second-order valence-corrected chi connectivity index (χ2v) is 8.55. The van der Waals surface area contributed by atoms with Crippen LogP contribution in [-0.4, -0.2) is 25.9 Å². The van der Waals surface area contributed by atoms with E-state index < -0.39 is 0 Å². The van der Waals surface area contributed by atoms with Gasteiger partial charge in [0.15, 0.2) is 0 Å². The molecule has 1 saturated carbocycles. The van der Waals surface area contributed by atoms with Crippen LogP contribution in [0.25, 0.3) is 11.1 Å². The van der Waals surface area contributed by atoms with Crippen molar-refractivity contribution in [1.82, 2.24) is 0 Å². The molecule has 1 aliphatic carbocycles. The van der Waals surface area contributed by atoms with Crippen LogP contribution >= 0.6 is 0 Å². The lowest BCUT2D eigenvalue weighted by atomic mass is 9.94. The van der Waals surface area contributed by atoms with Crippen LogP contribution in [0.5, 0.6) is 11.5 Å². The van der Waals surface area contributed by atoms with E-state index in [9.17, 15) is 4.39 Å². The Labute approximate surface area is 195 Å². The standard InChI is InChI=1S/C28H32FNO3/c1-31-26-7-2-4-20(16-26)19-32-24-10-12-25(13-11-24)33-27-9-8-21(14-15-30)28(18-27)22-5-3-6-23(29)17-22/h2-9,16-18,24-25H,10-15,19,30H2,1H3. The fraction of sp³-hybridized carbons (Fsp3) is 0.357. The molecule has 0 aliphatic heterocycles. The van der Waals surface area contributed by atoms with E-state index in [0.29, 0.717) is 13.2 Å². The second kappa shape index (κ2) is 11.3. The summed E-state index contributed by atoms with van der Waals surface area (Å²) in [4.78, 5) is 0. The lowest BCUT2D eigenvalue weighted by Crippen LogP contribution is -2.28. The molecule has 0 saturated heterocycles. The molecule has 0 aromatic heterocycles. The van der Waals surface area contributed by atoms with E-state index in [4.69, 9.17) is 19.9 Å². The van der Waals surface area contributed by atoms with E-state index in [0.717, 1.165) is 65.9 Å². The summed E-state index contributed by atoms with van der Waals surface area (Å²) in [7, 11) is 1.67. The van der Waals surface area contributed by atoms with Crippen molar-refractivity contribution in [2.24, 2.45) is 5.73 Å². The van der Waals surface area contributed by atoms with E-state index in [1.807, 2.05) is 42.5 Å². The summed E-state index contributed by atoms with van der Waals surface area (Å²) in [6, 6.07) is 20.7. The summed E-state index contributed by atoms with van der Waals surface area (Å²) < 4.78 is 31.6. The molecule has 4 nitrogen and oxygen atoms in total. The molecule has 1 fully saturated rings. The number of ether oxygens (including phenoxy) is 3. The normalized spacial score (nSPS) is 18.2. The summed E-state index contributed by atoms with van der Waals surface area (Å²) in [5, 5.41) is 0. The summed E-state index contributed by atoms with van der Waals surface area (Å²) in [5.41, 5.74) is 9.84. The van der Waals surface area contributed by atoms with Gasteiger partial charge in [0.25, 0.3) is 0 Å². The minimum Gasteiger partial charge on any atom is -0.497 e. The van der Waals surface area contributed by atoms with Gasteiger partial charge < -0.3 is 19.9 Å². The van der Waals surface area contributed by atoms with Gasteiger partial charge in [-0.3, -0.25) is 0 Å². The number of rotatable bonds is 9. The third kappa shape index (κ3) is 6.34. The molecule has 0 heterocycles. The molecule has 0 unspecified atom stereocenters. The highest BCUT2D eigenvalue weighted by Gasteiger charge is 2.23. The maximum atomic E-state index is 13.8. The van der Waals surface area contributed by atoms with Crippen molar-refractivity contribution in [1.29, 1.82) is 0 Å². The highest BCUT2D eigenvalue weighted by atomic mass is 19.1. The molecule has 0 radical (unpaired) electrons. The van der Waals surface area contributed by atoms with Crippen molar-refractivity contribution >= 4 is 0 Å². The predicted molar refractivity (Wildman–Crippen MR) is 129 cm³/mol. The molecule has 33 heavy (non-hydrogen) atoms. The van der Waals surface area contributed by atoms with Crippen molar-refractivity contribution in [3.63, 3.8) is 0 Å². The van der Waals surface area contributed by atoms with Crippen LogP contribution in [0.15, 0.2) is 66.7 Å². The van der Waals surface area contributed by atoms with Crippen LogP contribution in [-0.2, 0) is 17.8 Å². The summed E-state index contributed by atoms with van der Waals surface area (Å²) in [5.74, 6) is 1.42. The topological polar surface area (TPSA) is 53.7 Å². The lowest BCUT2D eigenvalue weighted by molar-refractivity contribution is -0.00666. The number of nitrogens with two attached hydrogens (primary N) is 1. The zero-order chi connectivity index (χ0) is 23.0. The minimum atomic E-state index is -0.246. The van der Waals surface area contributed by atoms with E-state index in [1.165, 1.54) is 6.07 Å². The van der Waals surface area contributed by atoms with Gasteiger partial charge in [-0.2, -0.15) is 0 Å². The molecule has 174 valence electrons. The Morgan fingerprint density at radius 2 is 1.67 bits per heavy atom. The largest absolute Gasteiger partial charge is 0.497 e. The van der Waals surface area contributed by atoms with Crippen LogP contribution in [0.2, 0.25) is 0 Å². The molecule has 5 heteroatoms. The van der Waals surface area contributed by atoms with Gasteiger partial charge in [0.05, 0.1) is 25.9 Å². The summed E-state index contributed by atoms with van der Waals surface area (Å²) in [6.07, 6.45) is 4.97. The van der Waals surface area contributed by atoms with Crippen LogP contribution in [0.4, 0.5) is 4.39 Å². The van der Waals surface area contributed by atoms with Gasteiger partial charge >= 0.3 is 0 Å². The third-order valence-electron chi connectivity index (χ3n) is 6.17. The zero-order valence-corrected chi connectivity index (χ0v) is 19.1. The Balaban J connectivity index is 1.34. The first-order valence-electron chi connectivity index (χ1n) is 11.6. The Hall–Kier alpha value is -2.89. The molecule has 2 N–H and O–H groups in total. The summed E-state index contributed by atoms with van der Waals surface area (Å²) >= 11 is 0. The van der Waals surface area contributed by atoms with Crippen molar-refractivity contribution in [3.8, 4) is 22.6 Å². The molecule has 0 amide bonds. The van der Waals surface area contributed by atoms with Gasteiger partial charge in [-0.15, -0.1) is 0 Å². The number of benzene rings is 3. The molecular weight excluding hydrogens is 417 g/mol. The Morgan fingerprint density at radius 1 is 0.879 bits per heavy atom. The van der Waals surface area contributed by atoms with Gasteiger partial charge in [0.2, 0.25) is 0 Å². The molecule has 3 aromatic carbocycles. The fourth-order valence-corrected chi connectivity index (χ4v) is 4.41. The predicted octanol–water partition coefficient (Wildman–Crippen LogP) is 5.91. The van der Waals surface area contributed by atoms with E-state index in [2.05, 4.69) is 6.07 Å². The number of hydrogen-bond donors (Lipinski definition) is 1. The second-order valence-electron chi connectivity index (χ2n) is 8.55.